The summed E-state index contributed by atoms with van der Waals surface area (Å²) in [5, 5.41) is 14.9. The molecule has 4 rings (SSSR count). The van der Waals surface area contributed by atoms with Crippen LogP contribution < -0.4 is 14.9 Å². The molecule has 1 aromatic heterocycles. The van der Waals surface area contributed by atoms with E-state index in [1.165, 1.54) is 18.3 Å². The second-order valence-corrected chi connectivity index (χ2v) is 7.61. The van der Waals surface area contributed by atoms with Gasteiger partial charge in [0.25, 0.3) is 11.6 Å². The van der Waals surface area contributed by atoms with Gasteiger partial charge in [0, 0.05) is 24.1 Å². The van der Waals surface area contributed by atoms with Crippen LogP contribution in [0.25, 0.3) is 11.0 Å². The van der Waals surface area contributed by atoms with Gasteiger partial charge >= 0.3 is 0 Å². The third kappa shape index (κ3) is 5.44. The average molecular weight is 473 g/mol. The minimum Gasteiger partial charge on any atom is -0.493 e. The number of nitrogens with zero attached hydrogens (tertiary/aromatic N) is 4. The van der Waals surface area contributed by atoms with Gasteiger partial charge in [0.15, 0.2) is 11.5 Å². The molecule has 0 atom stereocenters. The topological polar surface area (TPSA) is 121 Å². The van der Waals surface area contributed by atoms with Crippen LogP contribution in [0.4, 0.5) is 5.69 Å². The molecule has 4 aromatic rings. The number of carbonyl (C=O) groups excluding carboxylic acids is 1. The molecule has 1 amide bonds. The van der Waals surface area contributed by atoms with Crippen molar-refractivity contribution in [3.63, 3.8) is 0 Å². The van der Waals surface area contributed by atoms with Gasteiger partial charge in [0.05, 0.1) is 36.4 Å². The number of rotatable bonds is 9. The first kappa shape index (κ1) is 23.4. The molecule has 0 aliphatic heterocycles. The molecule has 0 saturated heterocycles. The summed E-state index contributed by atoms with van der Waals surface area (Å²) in [4.78, 5) is 27.8. The van der Waals surface area contributed by atoms with Gasteiger partial charge in [-0.05, 0) is 29.8 Å². The van der Waals surface area contributed by atoms with Crippen molar-refractivity contribution in [3.8, 4) is 11.5 Å². The highest BCUT2D eigenvalue weighted by Gasteiger charge is 2.15. The van der Waals surface area contributed by atoms with Crippen LogP contribution in [0.2, 0.25) is 0 Å². The summed E-state index contributed by atoms with van der Waals surface area (Å²) in [5.74, 6) is 1.59. The predicted octanol–water partition coefficient (Wildman–Crippen LogP) is 3.70. The van der Waals surface area contributed by atoms with Crippen LogP contribution in [0.1, 0.15) is 17.0 Å². The van der Waals surface area contributed by atoms with Gasteiger partial charge in [-0.3, -0.25) is 14.9 Å². The summed E-state index contributed by atoms with van der Waals surface area (Å²) in [5.41, 5.74) is 5.48. The molecule has 0 aliphatic rings. The lowest BCUT2D eigenvalue weighted by Crippen LogP contribution is -2.24. The number of nitro groups is 1. The molecule has 0 fully saturated rings. The molecule has 0 unspecified atom stereocenters. The van der Waals surface area contributed by atoms with E-state index in [2.05, 4.69) is 10.5 Å². The van der Waals surface area contributed by atoms with Gasteiger partial charge in [-0.25, -0.2) is 10.4 Å². The average Bonchev–Trinajstić information content (AvgIpc) is 3.20. The number of methoxy groups -OCH3 is 2. The lowest BCUT2D eigenvalue weighted by Gasteiger charge is -2.11. The van der Waals surface area contributed by atoms with Crippen molar-refractivity contribution in [1.82, 2.24) is 15.0 Å². The Bertz CT molecular complexity index is 1410. The van der Waals surface area contributed by atoms with Crippen LogP contribution in [0.5, 0.6) is 11.5 Å². The lowest BCUT2D eigenvalue weighted by atomic mass is 10.1. The molecule has 35 heavy (non-hydrogen) atoms. The van der Waals surface area contributed by atoms with E-state index < -0.39 is 4.92 Å². The molecule has 0 aliphatic carbocycles. The fourth-order valence-electron chi connectivity index (χ4n) is 3.69. The Morgan fingerprint density at radius 1 is 1.09 bits per heavy atom. The van der Waals surface area contributed by atoms with E-state index in [0.717, 1.165) is 16.6 Å². The summed E-state index contributed by atoms with van der Waals surface area (Å²) in [7, 11) is 3.16. The fourth-order valence-corrected chi connectivity index (χ4v) is 3.69. The molecule has 0 spiro atoms. The maximum Gasteiger partial charge on any atom is 0.270 e. The highest BCUT2D eigenvalue weighted by molar-refractivity contribution is 5.84. The predicted molar refractivity (Wildman–Crippen MR) is 131 cm³/mol. The van der Waals surface area contributed by atoms with E-state index >= 15 is 0 Å². The molecule has 3 aromatic carbocycles. The number of hydrazone groups is 1. The first-order chi connectivity index (χ1) is 17.0. The Morgan fingerprint density at radius 2 is 1.89 bits per heavy atom. The van der Waals surface area contributed by atoms with Crippen LogP contribution in [0.3, 0.4) is 0 Å². The van der Waals surface area contributed by atoms with Crippen molar-refractivity contribution in [3.05, 3.63) is 93.8 Å². The van der Waals surface area contributed by atoms with Crippen LogP contribution >= 0.6 is 0 Å². The molecule has 0 radical (unpaired) electrons. The van der Waals surface area contributed by atoms with Gasteiger partial charge in [-0.2, -0.15) is 5.10 Å². The summed E-state index contributed by atoms with van der Waals surface area (Å²) >= 11 is 0. The van der Waals surface area contributed by atoms with E-state index in [9.17, 15) is 14.9 Å². The minimum absolute atomic E-state index is 0.00455. The molecule has 0 saturated carbocycles. The van der Waals surface area contributed by atoms with E-state index in [-0.39, 0.29) is 18.1 Å². The largest absolute Gasteiger partial charge is 0.493 e. The molecule has 10 nitrogen and oxygen atoms in total. The zero-order valence-corrected chi connectivity index (χ0v) is 19.2. The molecular weight excluding hydrogens is 450 g/mol. The molecular formula is C25H23N5O5. The van der Waals surface area contributed by atoms with Crippen molar-refractivity contribution in [2.24, 2.45) is 5.10 Å². The third-order valence-corrected chi connectivity index (χ3v) is 5.33. The minimum atomic E-state index is -0.486. The quantitative estimate of drug-likeness (QED) is 0.225. The number of para-hydroxylation sites is 2. The normalized spacial score (nSPS) is 11.0. The second-order valence-electron chi connectivity index (χ2n) is 7.61. The highest BCUT2D eigenvalue weighted by atomic mass is 16.6. The highest BCUT2D eigenvalue weighted by Crippen LogP contribution is 2.29. The van der Waals surface area contributed by atoms with Crippen molar-refractivity contribution in [2.75, 3.05) is 14.2 Å². The second kappa shape index (κ2) is 10.5. The number of benzene rings is 3. The monoisotopic (exact) mass is 473 g/mol. The number of aromatic nitrogens is 2. The Labute approximate surface area is 201 Å². The first-order valence-electron chi connectivity index (χ1n) is 10.7. The number of hydrogen-bond acceptors (Lipinski definition) is 7. The standard InChI is InChI=1S/C25H23N5O5/c1-34-22-11-10-17(13-23(22)35-2)14-24-27-20-8-3-4-9-21(20)29(24)16-25(31)28-26-15-18-6-5-7-19(12-18)30(32)33/h3-13,15H,14,16H2,1-2H3,(H,28,31)/b26-15+. The summed E-state index contributed by atoms with van der Waals surface area (Å²) in [6, 6.07) is 19.2. The number of non-ortho nitro benzene ring substituents is 1. The maximum atomic E-state index is 12.7. The number of nitrogens with one attached hydrogen (secondary N) is 1. The van der Waals surface area contributed by atoms with Crippen molar-refractivity contribution >= 4 is 28.8 Å². The molecule has 178 valence electrons. The Morgan fingerprint density at radius 3 is 2.66 bits per heavy atom. The van der Waals surface area contributed by atoms with Crippen molar-refractivity contribution in [1.29, 1.82) is 0 Å². The van der Waals surface area contributed by atoms with E-state index in [1.54, 1.807) is 26.4 Å². The first-order valence-corrected chi connectivity index (χ1v) is 10.7. The summed E-state index contributed by atoms with van der Waals surface area (Å²) in [6.45, 7) is -0.00455. The van der Waals surface area contributed by atoms with Gasteiger partial charge in [0.1, 0.15) is 12.4 Å². The van der Waals surface area contributed by atoms with Gasteiger partial charge in [0.2, 0.25) is 0 Å². The Kier molecular flexibility index (Phi) is 7.01. The van der Waals surface area contributed by atoms with Crippen LogP contribution in [-0.2, 0) is 17.8 Å². The SMILES string of the molecule is COc1ccc(Cc2nc3ccccc3n2CC(=O)N/N=C/c2cccc([N+](=O)[O-])c2)cc1OC. The van der Waals surface area contributed by atoms with E-state index in [0.29, 0.717) is 29.3 Å². The van der Waals surface area contributed by atoms with Gasteiger partial charge < -0.3 is 14.0 Å². The van der Waals surface area contributed by atoms with Gasteiger partial charge in [-0.1, -0.05) is 30.3 Å². The molecule has 1 N–H and O–H groups in total. The number of fused-ring (bicyclic) bond motifs is 1. The number of carbonyl (C=O) groups is 1. The van der Waals surface area contributed by atoms with Crippen molar-refractivity contribution in [2.45, 2.75) is 13.0 Å². The number of imidazole rings is 1. The van der Waals surface area contributed by atoms with Gasteiger partial charge in [-0.15, -0.1) is 0 Å². The summed E-state index contributed by atoms with van der Waals surface area (Å²) in [6.07, 6.45) is 1.83. The number of nitro benzene ring substituents is 1. The molecule has 10 heteroatoms. The zero-order valence-electron chi connectivity index (χ0n) is 19.2. The number of ether oxygens (including phenoxy) is 2. The van der Waals surface area contributed by atoms with E-state index in [4.69, 9.17) is 14.5 Å². The summed E-state index contributed by atoms with van der Waals surface area (Å²) < 4.78 is 12.5. The third-order valence-electron chi connectivity index (χ3n) is 5.33. The fraction of sp³-hybridized carbons (Fsp3) is 0.160. The van der Waals surface area contributed by atoms with Crippen LogP contribution in [0.15, 0.2) is 71.8 Å². The smallest absolute Gasteiger partial charge is 0.270 e. The zero-order chi connectivity index (χ0) is 24.8. The molecule has 0 bridgehead atoms. The number of amides is 1. The number of hydrogen-bond donors (Lipinski definition) is 1. The Hall–Kier alpha value is -4.73. The van der Waals surface area contributed by atoms with E-state index in [1.807, 2.05) is 47.0 Å². The Balaban J connectivity index is 1.54. The van der Waals surface area contributed by atoms with Crippen molar-refractivity contribution < 1.29 is 19.2 Å². The van der Waals surface area contributed by atoms with Crippen LogP contribution in [0, 0.1) is 10.1 Å². The maximum absolute atomic E-state index is 12.7. The van der Waals surface area contributed by atoms with Crippen LogP contribution in [-0.4, -0.2) is 40.8 Å². The molecule has 1 heterocycles. The lowest BCUT2D eigenvalue weighted by molar-refractivity contribution is -0.384.